The topological polar surface area (TPSA) is 119 Å². The maximum absolute atomic E-state index is 12.0. The molecule has 0 aliphatic heterocycles. The molecule has 0 spiro atoms. The van der Waals surface area contributed by atoms with Gasteiger partial charge >= 0.3 is 12.1 Å². The van der Waals surface area contributed by atoms with E-state index in [1.54, 1.807) is 24.3 Å². The summed E-state index contributed by atoms with van der Waals surface area (Å²) in [5, 5.41) is 22.4. The molecule has 9 heteroatoms. The van der Waals surface area contributed by atoms with Crippen LogP contribution in [0.4, 0.5) is 10.5 Å². The lowest BCUT2D eigenvalue weighted by molar-refractivity contribution is -0.384. The van der Waals surface area contributed by atoms with E-state index < -0.39 is 29.4 Å². The van der Waals surface area contributed by atoms with Crippen LogP contribution in [-0.4, -0.2) is 22.1 Å². The fourth-order valence-corrected chi connectivity index (χ4v) is 2.41. The quantitative estimate of drug-likeness (QED) is 0.560. The molecule has 0 aliphatic rings. The van der Waals surface area contributed by atoms with E-state index in [9.17, 15) is 19.7 Å². The van der Waals surface area contributed by atoms with E-state index in [1.165, 1.54) is 12.1 Å². The molecule has 0 heterocycles. The molecule has 0 saturated heterocycles. The van der Waals surface area contributed by atoms with Gasteiger partial charge in [-0.15, -0.1) is 0 Å². The number of carbonyl (C=O) groups excluding carboxylic acids is 1. The first-order valence-corrected chi connectivity index (χ1v) is 7.87. The number of carboxylic acid groups (broad SMARTS) is 1. The first-order valence-electron chi connectivity index (χ1n) is 7.49. The molecule has 0 fully saturated rings. The fraction of sp³-hybridized carbons (Fsp3) is 0.176. The van der Waals surface area contributed by atoms with Crippen LogP contribution in [-0.2, 0) is 16.1 Å². The number of halogens is 1. The molecular formula is C17H15ClN2O6. The monoisotopic (exact) mass is 378 g/mol. The van der Waals surface area contributed by atoms with Gasteiger partial charge in [-0.25, -0.2) is 4.79 Å². The number of nitro benzene ring substituents is 1. The first kappa shape index (κ1) is 19.2. The van der Waals surface area contributed by atoms with Crippen molar-refractivity contribution < 1.29 is 24.4 Å². The minimum absolute atomic E-state index is 0.00717. The number of rotatable bonds is 7. The van der Waals surface area contributed by atoms with Gasteiger partial charge in [0.25, 0.3) is 5.69 Å². The second kappa shape index (κ2) is 8.82. The van der Waals surface area contributed by atoms with Gasteiger partial charge in [0.05, 0.1) is 17.4 Å². The molecule has 2 rings (SSSR count). The highest BCUT2D eigenvalue weighted by Crippen LogP contribution is 2.29. The van der Waals surface area contributed by atoms with Gasteiger partial charge in [-0.05, 0) is 17.2 Å². The molecule has 2 aromatic rings. The Bertz CT molecular complexity index is 812. The lowest BCUT2D eigenvalue weighted by Gasteiger charge is -2.17. The predicted octanol–water partition coefficient (Wildman–Crippen LogP) is 3.69. The Morgan fingerprint density at radius 2 is 1.92 bits per heavy atom. The highest BCUT2D eigenvalue weighted by atomic mass is 35.5. The Balaban J connectivity index is 2.12. The van der Waals surface area contributed by atoms with E-state index in [1.807, 2.05) is 6.07 Å². The summed E-state index contributed by atoms with van der Waals surface area (Å²) in [5.74, 6) is -1.18. The SMILES string of the molecule is O=C(O)C[C@H](NC(=O)OCc1ccccc1)c1ccc(Cl)c([N+](=O)[O-])c1. The number of ether oxygens (including phenoxy) is 1. The number of alkyl carbamates (subject to hydrolysis) is 1. The zero-order chi connectivity index (χ0) is 19.1. The number of hydrogen-bond donors (Lipinski definition) is 2. The second-order valence-electron chi connectivity index (χ2n) is 5.32. The third kappa shape index (κ3) is 5.45. The normalized spacial score (nSPS) is 11.4. The van der Waals surface area contributed by atoms with Gasteiger partial charge in [0.1, 0.15) is 11.6 Å². The molecular weight excluding hydrogens is 364 g/mol. The average Bonchev–Trinajstić information content (AvgIpc) is 2.60. The van der Waals surface area contributed by atoms with Gasteiger partial charge in [0.2, 0.25) is 0 Å². The summed E-state index contributed by atoms with van der Waals surface area (Å²) in [7, 11) is 0. The number of carboxylic acids is 1. The Morgan fingerprint density at radius 1 is 1.23 bits per heavy atom. The highest BCUT2D eigenvalue weighted by molar-refractivity contribution is 6.32. The number of hydrogen-bond acceptors (Lipinski definition) is 5. The highest BCUT2D eigenvalue weighted by Gasteiger charge is 2.22. The number of benzene rings is 2. The number of amides is 1. The second-order valence-corrected chi connectivity index (χ2v) is 5.73. The minimum Gasteiger partial charge on any atom is -0.481 e. The molecule has 0 aromatic heterocycles. The van der Waals surface area contributed by atoms with Crippen LogP contribution in [0.25, 0.3) is 0 Å². The van der Waals surface area contributed by atoms with Crippen LogP contribution < -0.4 is 5.32 Å². The number of nitro groups is 1. The zero-order valence-corrected chi connectivity index (χ0v) is 14.2. The van der Waals surface area contributed by atoms with Gasteiger partial charge in [0, 0.05) is 6.07 Å². The summed E-state index contributed by atoms with van der Waals surface area (Å²) in [4.78, 5) is 33.4. The Kier molecular flexibility index (Phi) is 6.51. The van der Waals surface area contributed by atoms with Crippen molar-refractivity contribution in [3.63, 3.8) is 0 Å². The van der Waals surface area contributed by atoms with Crippen LogP contribution in [0, 0.1) is 10.1 Å². The van der Waals surface area contributed by atoms with Gasteiger partial charge in [-0.1, -0.05) is 48.0 Å². The van der Waals surface area contributed by atoms with Gasteiger partial charge < -0.3 is 15.2 Å². The maximum atomic E-state index is 12.0. The van der Waals surface area contributed by atoms with E-state index in [0.29, 0.717) is 0 Å². The van der Waals surface area contributed by atoms with E-state index >= 15 is 0 Å². The number of nitrogens with zero attached hydrogens (tertiary/aromatic N) is 1. The molecule has 136 valence electrons. The molecule has 0 bridgehead atoms. The van der Waals surface area contributed by atoms with Gasteiger partial charge in [0.15, 0.2) is 0 Å². The van der Waals surface area contributed by atoms with Crippen LogP contribution in [0.5, 0.6) is 0 Å². The summed E-state index contributed by atoms with van der Waals surface area (Å²) in [6.07, 6.45) is -1.31. The largest absolute Gasteiger partial charge is 0.481 e. The zero-order valence-electron chi connectivity index (χ0n) is 13.4. The van der Waals surface area contributed by atoms with Crippen molar-refractivity contribution in [1.29, 1.82) is 0 Å². The Morgan fingerprint density at radius 3 is 2.54 bits per heavy atom. The van der Waals surface area contributed by atoms with Crippen molar-refractivity contribution in [3.8, 4) is 0 Å². The Hall–Kier alpha value is -3.13. The molecule has 0 saturated carbocycles. The van der Waals surface area contributed by atoms with Crippen LogP contribution in [0.2, 0.25) is 5.02 Å². The predicted molar refractivity (Wildman–Crippen MR) is 92.9 cm³/mol. The summed E-state index contributed by atoms with van der Waals surface area (Å²) < 4.78 is 5.06. The van der Waals surface area contributed by atoms with E-state index in [-0.39, 0.29) is 22.9 Å². The average molecular weight is 379 g/mol. The lowest BCUT2D eigenvalue weighted by atomic mass is 10.0. The summed E-state index contributed by atoms with van der Waals surface area (Å²) in [6.45, 7) is 0.00717. The third-order valence-electron chi connectivity index (χ3n) is 3.45. The Labute approximate surface area is 153 Å². The molecule has 2 aromatic carbocycles. The van der Waals surface area contributed by atoms with Crippen LogP contribution in [0.1, 0.15) is 23.6 Å². The van der Waals surface area contributed by atoms with Crippen molar-refractivity contribution >= 4 is 29.4 Å². The number of carbonyl (C=O) groups is 2. The van der Waals surface area contributed by atoms with Gasteiger partial charge in [-0.2, -0.15) is 0 Å². The van der Waals surface area contributed by atoms with Gasteiger partial charge in [-0.3, -0.25) is 14.9 Å². The van der Waals surface area contributed by atoms with Crippen molar-refractivity contribution in [3.05, 3.63) is 74.8 Å². The molecule has 0 radical (unpaired) electrons. The standard InChI is InChI=1S/C17H15ClN2O6/c18-13-7-6-12(8-15(13)20(24)25)14(9-16(21)22)19-17(23)26-10-11-4-2-1-3-5-11/h1-8,14H,9-10H2,(H,19,23)(H,21,22)/t14-/m0/s1. The van der Waals surface area contributed by atoms with Crippen molar-refractivity contribution in [2.45, 2.75) is 19.1 Å². The molecule has 1 amide bonds. The molecule has 0 unspecified atom stereocenters. The molecule has 8 nitrogen and oxygen atoms in total. The van der Waals surface area contributed by atoms with E-state index in [4.69, 9.17) is 21.4 Å². The number of aliphatic carboxylic acids is 1. The molecule has 1 atom stereocenters. The number of nitrogens with one attached hydrogen (secondary N) is 1. The summed E-state index contributed by atoms with van der Waals surface area (Å²) in [6, 6.07) is 11.8. The molecule has 26 heavy (non-hydrogen) atoms. The lowest BCUT2D eigenvalue weighted by Crippen LogP contribution is -2.30. The smallest absolute Gasteiger partial charge is 0.407 e. The van der Waals surface area contributed by atoms with Crippen molar-refractivity contribution in [1.82, 2.24) is 5.32 Å². The minimum atomic E-state index is -1.18. The van der Waals surface area contributed by atoms with Crippen molar-refractivity contribution in [2.24, 2.45) is 0 Å². The van der Waals surface area contributed by atoms with Crippen LogP contribution in [0.3, 0.4) is 0 Å². The van der Waals surface area contributed by atoms with Crippen molar-refractivity contribution in [2.75, 3.05) is 0 Å². The summed E-state index contributed by atoms with van der Waals surface area (Å²) >= 11 is 5.75. The fourth-order valence-electron chi connectivity index (χ4n) is 2.22. The van der Waals surface area contributed by atoms with Crippen LogP contribution >= 0.6 is 11.6 Å². The molecule has 0 aliphatic carbocycles. The summed E-state index contributed by atoms with van der Waals surface area (Å²) in [5.41, 5.74) is 0.624. The van der Waals surface area contributed by atoms with E-state index in [0.717, 1.165) is 11.6 Å². The first-order chi connectivity index (χ1) is 12.4. The van der Waals surface area contributed by atoms with E-state index in [2.05, 4.69) is 5.32 Å². The molecule has 2 N–H and O–H groups in total. The third-order valence-corrected chi connectivity index (χ3v) is 3.77. The maximum Gasteiger partial charge on any atom is 0.407 e. The van der Waals surface area contributed by atoms with Crippen LogP contribution in [0.15, 0.2) is 48.5 Å².